The molecule has 8 heteroatoms. The van der Waals surface area contributed by atoms with Crippen molar-refractivity contribution in [3.63, 3.8) is 0 Å². The molecule has 0 saturated heterocycles. The van der Waals surface area contributed by atoms with Gasteiger partial charge in [-0.15, -0.1) is 11.3 Å². The Labute approximate surface area is 161 Å². The van der Waals surface area contributed by atoms with Crippen LogP contribution in [-0.4, -0.2) is 30.0 Å². The molecule has 0 spiro atoms. The van der Waals surface area contributed by atoms with Gasteiger partial charge in [0.1, 0.15) is 10.8 Å². The molecule has 0 fully saturated rings. The fourth-order valence-electron chi connectivity index (χ4n) is 2.63. The van der Waals surface area contributed by atoms with Gasteiger partial charge in [-0.1, -0.05) is 19.9 Å². The van der Waals surface area contributed by atoms with Crippen molar-refractivity contribution in [3.05, 3.63) is 45.6 Å². The molecule has 0 aliphatic rings. The lowest BCUT2D eigenvalue weighted by Crippen LogP contribution is -2.26. The minimum atomic E-state index is -0.564. The Morgan fingerprint density at radius 3 is 2.59 bits per heavy atom. The predicted molar refractivity (Wildman–Crippen MR) is 103 cm³/mol. The van der Waals surface area contributed by atoms with E-state index in [1.165, 1.54) is 13.0 Å². The van der Waals surface area contributed by atoms with Crippen LogP contribution in [0.1, 0.15) is 57.8 Å². The molecule has 0 radical (unpaired) electrons. The average Bonchev–Trinajstić information content (AvgIpc) is 2.97. The van der Waals surface area contributed by atoms with E-state index in [2.05, 4.69) is 10.8 Å². The Morgan fingerprint density at radius 1 is 1.33 bits per heavy atom. The number of thiophene rings is 1. The summed E-state index contributed by atoms with van der Waals surface area (Å²) in [6.45, 7) is 6.63. The molecule has 6 nitrogen and oxygen atoms in total. The maximum Gasteiger partial charge on any atom is 0.278 e. The number of benzene rings is 1. The normalized spacial score (nSPS) is 10.9. The summed E-state index contributed by atoms with van der Waals surface area (Å²) in [7, 11) is 0. The minimum absolute atomic E-state index is 0.0677. The SMILES string of the molecule is CC(=O)c1sc(Nc2ccc(C)cc2F)c(C(=O)NOCCO)c1C(C)C. The number of aryl methyl sites for hydroxylation is 1. The van der Waals surface area contributed by atoms with E-state index in [4.69, 9.17) is 9.94 Å². The summed E-state index contributed by atoms with van der Waals surface area (Å²) in [4.78, 5) is 30.1. The van der Waals surface area contributed by atoms with Crippen LogP contribution in [0.4, 0.5) is 15.1 Å². The van der Waals surface area contributed by atoms with Gasteiger partial charge in [0.25, 0.3) is 5.91 Å². The van der Waals surface area contributed by atoms with Crippen LogP contribution < -0.4 is 10.8 Å². The van der Waals surface area contributed by atoms with Gasteiger partial charge in [0.15, 0.2) is 5.78 Å². The summed E-state index contributed by atoms with van der Waals surface area (Å²) in [6, 6.07) is 4.71. The van der Waals surface area contributed by atoms with Gasteiger partial charge in [-0.2, -0.15) is 0 Å². The molecule has 2 rings (SSSR count). The smallest absolute Gasteiger partial charge is 0.278 e. The molecule has 0 atom stereocenters. The lowest BCUT2D eigenvalue weighted by molar-refractivity contribution is 0.0168. The maximum absolute atomic E-state index is 14.3. The van der Waals surface area contributed by atoms with Crippen LogP contribution in [0.2, 0.25) is 0 Å². The second kappa shape index (κ2) is 9.07. The molecule has 146 valence electrons. The Balaban J connectivity index is 2.52. The van der Waals surface area contributed by atoms with E-state index in [-0.39, 0.29) is 36.2 Å². The number of rotatable bonds is 8. The number of amides is 1. The molecule has 1 amide bonds. The number of aliphatic hydroxyl groups is 1. The third kappa shape index (κ3) is 4.91. The highest BCUT2D eigenvalue weighted by molar-refractivity contribution is 7.18. The fourth-order valence-corrected chi connectivity index (χ4v) is 3.89. The van der Waals surface area contributed by atoms with Crippen molar-refractivity contribution >= 4 is 33.7 Å². The third-order valence-electron chi connectivity index (χ3n) is 3.80. The first kappa shape index (κ1) is 21.0. The third-order valence-corrected chi connectivity index (χ3v) is 5.02. The molecular weight excluding hydrogens is 371 g/mol. The van der Waals surface area contributed by atoms with Crippen LogP contribution in [0.3, 0.4) is 0 Å². The first-order valence-electron chi connectivity index (χ1n) is 8.50. The largest absolute Gasteiger partial charge is 0.394 e. The van der Waals surface area contributed by atoms with Crippen LogP contribution in [0, 0.1) is 12.7 Å². The first-order chi connectivity index (χ1) is 12.8. The van der Waals surface area contributed by atoms with Crippen molar-refractivity contribution in [1.82, 2.24) is 5.48 Å². The fraction of sp³-hybridized carbons (Fsp3) is 0.368. The highest BCUT2D eigenvalue weighted by Crippen LogP contribution is 2.40. The summed E-state index contributed by atoms with van der Waals surface area (Å²) >= 11 is 1.10. The second-order valence-corrected chi connectivity index (χ2v) is 7.39. The topological polar surface area (TPSA) is 87.7 Å². The molecule has 0 saturated carbocycles. The number of anilines is 2. The molecule has 2 aromatic rings. The molecule has 27 heavy (non-hydrogen) atoms. The van der Waals surface area contributed by atoms with Gasteiger partial charge in [-0.3, -0.25) is 14.4 Å². The number of carbonyl (C=O) groups is 2. The van der Waals surface area contributed by atoms with Gasteiger partial charge >= 0.3 is 0 Å². The Bertz CT molecular complexity index is 848. The molecule has 0 bridgehead atoms. The van der Waals surface area contributed by atoms with E-state index < -0.39 is 11.7 Å². The molecule has 0 aliphatic heterocycles. The van der Waals surface area contributed by atoms with Gasteiger partial charge in [0.05, 0.1) is 29.3 Å². The molecular formula is C19H23FN2O4S. The first-order valence-corrected chi connectivity index (χ1v) is 9.31. The standard InChI is InChI=1S/C19H23FN2O4S/c1-10(2)15-16(18(25)22-26-8-7-23)19(27-17(15)12(4)24)21-14-6-5-11(3)9-13(14)20/h5-6,9-10,21,23H,7-8H2,1-4H3,(H,22,25). The number of carbonyl (C=O) groups excluding carboxylic acids is 2. The van der Waals surface area contributed by atoms with Crippen molar-refractivity contribution in [3.8, 4) is 0 Å². The Morgan fingerprint density at radius 2 is 2.04 bits per heavy atom. The zero-order chi connectivity index (χ0) is 20.1. The van der Waals surface area contributed by atoms with Crippen LogP contribution in [-0.2, 0) is 4.84 Å². The number of Topliss-reactive ketones (excluding diaryl/α,β-unsaturated/α-hetero) is 1. The molecule has 1 aromatic heterocycles. The molecule has 0 unspecified atom stereocenters. The number of ketones is 1. The van der Waals surface area contributed by atoms with E-state index in [1.807, 2.05) is 13.8 Å². The van der Waals surface area contributed by atoms with Crippen molar-refractivity contribution in [2.75, 3.05) is 18.5 Å². The van der Waals surface area contributed by atoms with Crippen LogP contribution >= 0.6 is 11.3 Å². The monoisotopic (exact) mass is 394 g/mol. The van der Waals surface area contributed by atoms with E-state index in [0.717, 1.165) is 16.9 Å². The van der Waals surface area contributed by atoms with E-state index >= 15 is 0 Å². The van der Waals surface area contributed by atoms with Gasteiger partial charge in [0.2, 0.25) is 0 Å². The Hall–Kier alpha value is -2.29. The highest BCUT2D eigenvalue weighted by atomic mass is 32.1. The van der Waals surface area contributed by atoms with Gasteiger partial charge in [-0.25, -0.2) is 9.87 Å². The average molecular weight is 394 g/mol. The quantitative estimate of drug-likeness (QED) is 0.359. The number of halogens is 1. The van der Waals surface area contributed by atoms with Crippen LogP contribution in [0.15, 0.2) is 18.2 Å². The number of hydroxylamine groups is 1. The van der Waals surface area contributed by atoms with Crippen molar-refractivity contribution < 1.29 is 23.9 Å². The maximum atomic E-state index is 14.3. The van der Waals surface area contributed by atoms with Crippen LogP contribution in [0.5, 0.6) is 0 Å². The van der Waals surface area contributed by atoms with Crippen molar-refractivity contribution in [2.24, 2.45) is 0 Å². The molecule has 1 aromatic carbocycles. The van der Waals surface area contributed by atoms with Crippen molar-refractivity contribution in [2.45, 2.75) is 33.6 Å². The number of nitrogens with one attached hydrogen (secondary N) is 2. The van der Waals surface area contributed by atoms with Gasteiger partial charge in [-0.05, 0) is 43.0 Å². The lowest BCUT2D eigenvalue weighted by atomic mass is 9.97. The summed E-state index contributed by atoms with van der Waals surface area (Å²) in [5.41, 5.74) is 4.05. The van der Waals surface area contributed by atoms with E-state index in [1.54, 1.807) is 19.1 Å². The predicted octanol–water partition coefficient (Wildman–Crippen LogP) is 3.92. The number of aliphatic hydroxyl groups excluding tert-OH is 1. The molecule has 3 N–H and O–H groups in total. The summed E-state index contributed by atoms with van der Waals surface area (Å²) in [6.07, 6.45) is 0. The second-order valence-electron chi connectivity index (χ2n) is 6.37. The molecule has 1 heterocycles. The number of hydrogen-bond donors (Lipinski definition) is 3. The van der Waals surface area contributed by atoms with Crippen molar-refractivity contribution in [1.29, 1.82) is 0 Å². The molecule has 0 aliphatic carbocycles. The summed E-state index contributed by atoms with van der Waals surface area (Å²) < 4.78 is 14.3. The zero-order valence-corrected chi connectivity index (χ0v) is 16.5. The Kier molecular flexibility index (Phi) is 7.06. The van der Waals surface area contributed by atoms with Crippen LogP contribution in [0.25, 0.3) is 0 Å². The van der Waals surface area contributed by atoms with Gasteiger partial charge in [0, 0.05) is 0 Å². The highest BCUT2D eigenvalue weighted by Gasteiger charge is 2.28. The summed E-state index contributed by atoms with van der Waals surface area (Å²) in [5, 5.41) is 12.1. The minimum Gasteiger partial charge on any atom is -0.394 e. The zero-order valence-electron chi connectivity index (χ0n) is 15.7. The number of hydrogen-bond acceptors (Lipinski definition) is 6. The summed E-state index contributed by atoms with van der Waals surface area (Å²) in [5.74, 6) is -1.31. The van der Waals surface area contributed by atoms with Gasteiger partial charge < -0.3 is 10.4 Å². The van der Waals surface area contributed by atoms with E-state index in [0.29, 0.717) is 15.4 Å². The lowest BCUT2D eigenvalue weighted by Gasteiger charge is -2.13. The van der Waals surface area contributed by atoms with E-state index in [9.17, 15) is 14.0 Å².